The largest absolute Gasteiger partial charge is 0.378 e. The minimum atomic E-state index is -0.255. The van der Waals surface area contributed by atoms with Gasteiger partial charge in [-0.05, 0) is 13.0 Å². The average molecular weight is 347 g/mol. The molecule has 8 heteroatoms. The van der Waals surface area contributed by atoms with Gasteiger partial charge < -0.3 is 9.64 Å². The summed E-state index contributed by atoms with van der Waals surface area (Å²) in [4.78, 5) is 22.8. The Morgan fingerprint density at radius 3 is 3.00 bits per heavy atom. The number of morpholine rings is 1. The predicted molar refractivity (Wildman–Crippen MR) is 89.6 cm³/mol. The lowest BCUT2D eigenvalue weighted by molar-refractivity contribution is -0.140. The lowest BCUT2D eigenvalue weighted by atomic mass is 10.1. The van der Waals surface area contributed by atoms with Gasteiger partial charge in [-0.1, -0.05) is 0 Å². The molecule has 1 fully saturated rings. The molecular formula is C16H21N5O2S. The molecule has 2 aromatic rings. The normalized spacial score (nSPS) is 21.7. The Morgan fingerprint density at radius 1 is 1.42 bits per heavy atom. The van der Waals surface area contributed by atoms with Crippen molar-refractivity contribution >= 4 is 17.2 Å². The molecule has 4 heterocycles. The van der Waals surface area contributed by atoms with E-state index in [-0.39, 0.29) is 11.9 Å². The number of aryl methyl sites for hydroxylation is 1. The van der Waals surface area contributed by atoms with E-state index in [2.05, 4.69) is 15.0 Å². The SMILES string of the molecule is Cc1ncsc1CN1Cc2ccnn2C(C(=O)N2CCOCC2)C1. The molecule has 1 amide bonds. The van der Waals surface area contributed by atoms with E-state index in [0.717, 1.165) is 24.5 Å². The van der Waals surface area contributed by atoms with Crippen molar-refractivity contribution < 1.29 is 9.53 Å². The van der Waals surface area contributed by atoms with Gasteiger partial charge in [0.15, 0.2) is 0 Å². The van der Waals surface area contributed by atoms with Crippen molar-refractivity contribution in [1.82, 2.24) is 24.6 Å². The van der Waals surface area contributed by atoms with Crippen molar-refractivity contribution in [3.8, 4) is 0 Å². The van der Waals surface area contributed by atoms with Crippen LogP contribution in [0.2, 0.25) is 0 Å². The first kappa shape index (κ1) is 15.7. The van der Waals surface area contributed by atoms with E-state index in [9.17, 15) is 4.79 Å². The van der Waals surface area contributed by atoms with E-state index in [1.807, 2.05) is 28.1 Å². The van der Waals surface area contributed by atoms with E-state index in [0.29, 0.717) is 32.8 Å². The Kier molecular flexibility index (Phi) is 4.34. The van der Waals surface area contributed by atoms with Crippen molar-refractivity contribution in [3.05, 3.63) is 34.0 Å². The Balaban J connectivity index is 1.54. The van der Waals surface area contributed by atoms with Crippen molar-refractivity contribution in [3.63, 3.8) is 0 Å². The zero-order valence-electron chi connectivity index (χ0n) is 13.7. The summed E-state index contributed by atoms with van der Waals surface area (Å²) < 4.78 is 7.26. The van der Waals surface area contributed by atoms with Crippen LogP contribution in [0, 0.1) is 6.92 Å². The molecule has 128 valence electrons. The molecule has 0 spiro atoms. The minimum absolute atomic E-state index is 0.147. The van der Waals surface area contributed by atoms with Crippen molar-refractivity contribution in [2.75, 3.05) is 32.8 Å². The Bertz CT molecular complexity index is 722. The smallest absolute Gasteiger partial charge is 0.248 e. The Morgan fingerprint density at radius 2 is 2.25 bits per heavy atom. The maximum atomic E-state index is 13.0. The fourth-order valence-electron chi connectivity index (χ4n) is 3.34. The minimum Gasteiger partial charge on any atom is -0.378 e. The molecule has 1 unspecified atom stereocenters. The molecule has 0 N–H and O–H groups in total. The van der Waals surface area contributed by atoms with Crippen LogP contribution in [0.25, 0.3) is 0 Å². The number of amides is 1. The highest BCUT2D eigenvalue weighted by atomic mass is 32.1. The quantitative estimate of drug-likeness (QED) is 0.831. The number of hydrogen-bond acceptors (Lipinski definition) is 6. The molecule has 0 bridgehead atoms. The summed E-state index contributed by atoms with van der Waals surface area (Å²) in [6.45, 7) is 6.93. The van der Waals surface area contributed by atoms with Crippen LogP contribution in [0.4, 0.5) is 0 Å². The molecular weight excluding hydrogens is 326 g/mol. The zero-order valence-corrected chi connectivity index (χ0v) is 14.5. The van der Waals surface area contributed by atoms with Gasteiger partial charge in [-0.3, -0.25) is 14.4 Å². The van der Waals surface area contributed by atoms with Crippen LogP contribution in [0.3, 0.4) is 0 Å². The van der Waals surface area contributed by atoms with Crippen LogP contribution >= 0.6 is 11.3 Å². The van der Waals surface area contributed by atoms with Crippen LogP contribution in [0.15, 0.2) is 17.8 Å². The van der Waals surface area contributed by atoms with E-state index < -0.39 is 0 Å². The molecule has 0 aromatic carbocycles. The number of thiazole rings is 1. The number of ether oxygens (including phenoxy) is 1. The number of rotatable bonds is 3. The topological polar surface area (TPSA) is 63.5 Å². The summed E-state index contributed by atoms with van der Waals surface area (Å²) in [5.41, 5.74) is 4.06. The van der Waals surface area contributed by atoms with E-state index in [1.165, 1.54) is 4.88 Å². The van der Waals surface area contributed by atoms with Gasteiger partial charge in [0.1, 0.15) is 6.04 Å². The van der Waals surface area contributed by atoms with Gasteiger partial charge in [-0.25, -0.2) is 4.98 Å². The number of carbonyl (C=O) groups is 1. The van der Waals surface area contributed by atoms with Crippen LogP contribution < -0.4 is 0 Å². The summed E-state index contributed by atoms with van der Waals surface area (Å²) in [7, 11) is 0. The molecule has 0 aliphatic carbocycles. The van der Waals surface area contributed by atoms with Crippen molar-refractivity contribution in [2.45, 2.75) is 26.1 Å². The van der Waals surface area contributed by atoms with Crippen molar-refractivity contribution in [1.29, 1.82) is 0 Å². The average Bonchev–Trinajstić information content (AvgIpc) is 3.24. The van der Waals surface area contributed by atoms with E-state index in [4.69, 9.17) is 4.74 Å². The first-order chi connectivity index (χ1) is 11.7. The van der Waals surface area contributed by atoms with E-state index >= 15 is 0 Å². The molecule has 0 radical (unpaired) electrons. The monoisotopic (exact) mass is 347 g/mol. The highest BCUT2D eigenvalue weighted by Crippen LogP contribution is 2.25. The highest BCUT2D eigenvalue weighted by Gasteiger charge is 2.34. The molecule has 0 saturated carbocycles. The van der Waals surface area contributed by atoms with E-state index in [1.54, 1.807) is 17.5 Å². The van der Waals surface area contributed by atoms with Gasteiger partial charge in [-0.15, -0.1) is 11.3 Å². The number of nitrogens with zero attached hydrogens (tertiary/aromatic N) is 5. The third-order valence-corrected chi connectivity index (χ3v) is 5.60. The Labute approximate surface area is 144 Å². The molecule has 24 heavy (non-hydrogen) atoms. The maximum Gasteiger partial charge on any atom is 0.248 e. The summed E-state index contributed by atoms with van der Waals surface area (Å²) >= 11 is 1.68. The molecule has 7 nitrogen and oxygen atoms in total. The number of hydrogen-bond donors (Lipinski definition) is 0. The molecule has 2 aliphatic heterocycles. The predicted octanol–water partition coefficient (Wildman–Crippen LogP) is 1.06. The van der Waals surface area contributed by atoms with Crippen LogP contribution in [0.1, 0.15) is 22.3 Å². The summed E-state index contributed by atoms with van der Waals surface area (Å²) in [5.74, 6) is 0.147. The van der Waals surface area contributed by atoms with Gasteiger partial charge >= 0.3 is 0 Å². The zero-order chi connectivity index (χ0) is 16.5. The van der Waals surface area contributed by atoms with Gasteiger partial charge in [0.2, 0.25) is 5.91 Å². The standard InChI is InChI=1S/C16H21N5O2S/c1-12-15(24-11-17-12)10-19-8-13-2-3-18-21(13)14(9-19)16(22)20-4-6-23-7-5-20/h2-3,11,14H,4-10H2,1H3. The fourth-order valence-corrected chi connectivity index (χ4v) is 4.16. The molecule has 2 aliphatic rings. The second-order valence-electron chi connectivity index (χ2n) is 6.25. The van der Waals surface area contributed by atoms with Crippen LogP contribution in [-0.2, 0) is 22.6 Å². The van der Waals surface area contributed by atoms with Gasteiger partial charge in [0.05, 0.1) is 30.1 Å². The number of aromatic nitrogens is 3. The van der Waals surface area contributed by atoms with Gasteiger partial charge in [0.25, 0.3) is 0 Å². The van der Waals surface area contributed by atoms with Gasteiger partial charge in [0, 0.05) is 43.8 Å². The fraction of sp³-hybridized carbons (Fsp3) is 0.562. The molecule has 1 saturated heterocycles. The number of carbonyl (C=O) groups excluding carboxylic acids is 1. The second-order valence-corrected chi connectivity index (χ2v) is 7.19. The van der Waals surface area contributed by atoms with Crippen LogP contribution in [0.5, 0.6) is 0 Å². The highest BCUT2D eigenvalue weighted by molar-refractivity contribution is 7.09. The molecule has 1 atom stereocenters. The first-order valence-corrected chi connectivity index (χ1v) is 9.10. The van der Waals surface area contributed by atoms with Crippen molar-refractivity contribution in [2.24, 2.45) is 0 Å². The van der Waals surface area contributed by atoms with Gasteiger partial charge in [-0.2, -0.15) is 5.10 Å². The molecule has 2 aromatic heterocycles. The van der Waals surface area contributed by atoms with Crippen LogP contribution in [-0.4, -0.2) is 63.3 Å². The third kappa shape index (κ3) is 2.97. The maximum absolute atomic E-state index is 13.0. The summed E-state index contributed by atoms with van der Waals surface area (Å²) in [5, 5.41) is 4.40. The lowest BCUT2D eigenvalue weighted by Gasteiger charge is -2.36. The third-order valence-electron chi connectivity index (χ3n) is 4.68. The molecule has 4 rings (SSSR count). The lowest BCUT2D eigenvalue weighted by Crippen LogP contribution is -2.49. The first-order valence-electron chi connectivity index (χ1n) is 8.22. The summed E-state index contributed by atoms with van der Waals surface area (Å²) in [6, 6.07) is 1.75. The number of fused-ring (bicyclic) bond motifs is 1. The second kappa shape index (κ2) is 6.62. The summed E-state index contributed by atoms with van der Waals surface area (Å²) in [6.07, 6.45) is 1.79. The Hall–Kier alpha value is -1.77.